The molecule has 29 heavy (non-hydrogen) atoms. The van der Waals surface area contributed by atoms with Gasteiger partial charge in [-0.15, -0.1) is 0 Å². The maximum Gasteiger partial charge on any atom is 0.223 e. The highest BCUT2D eigenvalue weighted by Crippen LogP contribution is 2.27. The minimum Gasteiger partial charge on any atom is -0.383 e. The van der Waals surface area contributed by atoms with Crippen LogP contribution in [0.3, 0.4) is 0 Å². The van der Waals surface area contributed by atoms with Crippen LogP contribution in [0, 0.1) is 6.92 Å². The average molecular weight is 394 g/mol. The van der Waals surface area contributed by atoms with E-state index in [-0.39, 0.29) is 0 Å². The Balaban J connectivity index is 1.41. The zero-order valence-electron chi connectivity index (χ0n) is 17.4. The molecule has 2 aromatic rings. The Kier molecular flexibility index (Phi) is 6.52. The van der Waals surface area contributed by atoms with E-state index < -0.39 is 0 Å². The lowest BCUT2D eigenvalue weighted by Gasteiger charge is -2.29. The van der Waals surface area contributed by atoms with Crippen LogP contribution < -0.4 is 10.6 Å². The van der Waals surface area contributed by atoms with E-state index >= 15 is 0 Å². The zero-order valence-corrected chi connectivity index (χ0v) is 17.4. The summed E-state index contributed by atoms with van der Waals surface area (Å²) in [5.41, 5.74) is 5.85. The topological polar surface area (TPSA) is 71.4 Å². The van der Waals surface area contributed by atoms with E-state index in [1.54, 1.807) is 7.11 Å². The van der Waals surface area contributed by atoms with Crippen molar-refractivity contribution < 1.29 is 4.74 Å². The quantitative estimate of drug-likeness (QED) is 0.706. The summed E-state index contributed by atoms with van der Waals surface area (Å²) in [5.74, 6) is 0.737. The van der Waals surface area contributed by atoms with E-state index in [0.717, 1.165) is 61.7 Å². The zero-order chi connectivity index (χ0) is 20.1. The van der Waals surface area contributed by atoms with Gasteiger partial charge in [0.1, 0.15) is 0 Å². The van der Waals surface area contributed by atoms with E-state index in [2.05, 4.69) is 45.7 Å². The highest BCUT2D eigenvalue weighted by atomic mass is 16.5. The number of aromatic nitrogens is 2. The molecule has 154 valence electrons. The summed E-state index contributed by atoms with van der Waals surface area (Å²) in [6.45, 7) is 4.65. The third-order valence-corrected chi connectivity index (χ3v) is 5.93. The van der Waals surface area contributed by atoms with Gasteiger partial charge in [-0.25, -0.2) is 9.97 Å². The Hall–Kier alpha value is -2.31. The van der Waals surface area contributed by atoms with Crippen LogP contribution in [0.5, 0.6) is 0 Å². The Morgan fingerprint density at radius 2 is 1.97 bits per heavy atom. The largest absolute Gasteiger partial charge is 0.383 e. The number of ether oxygens (including phenoxy) is 1. The van der Waals surface area contributed by atoms with Gasteiger partial charge in [-0.2, -0.15) is 0 Å². The number of aliphatic imine (C=N–C) groups is 1. The number of nitrogens with zero attached hydrogens (tertiary/aromatic N) is 3. The summed E-state index contributed by atoms with van der Waals surface area (Å²) in [7, 11) is 1.75. The van der Waals surface area contributed by atoms with Gasteiger partial charge < -0.3 is 15.4 Å². The molecule has 1 fully saturated rings. The van der Waals surface area contributed by atoms with Crippen molar-refractivity contribution in [3.63, 3.8) is 0 Å². The molecular formula is C23H31N5O. The average Bonchev–Trinajstić information content (AvgIpc) is 2.76. The fourth-order valence-electron chi connectivity index (χ4n) is 4.24. The van der Waals surface area contributed by atoms with E-state index in [1.807, 2.05) is 12.4 Å². The van der Waals surface area contributed by atoms with Gasteiger partial charge in [-0.3, -0.25) is 4.99 Å². The number of fused-ring (bicyclic) bond motifs is 1. The normalized spacial score (nSPS) is 21.0. The van der Waals surface area contributed by atoms with Crippen LogP contribution in [0.2, 0.25) is 0 Å². The van der Waals surface area contributed by atoms with Gasteiger partial charge in [0.2, 0.25) is 5.95 Å². The Morgan fingerprint density at radius 1 is 1.14 bits per heavy atom. The molecule has 1 aromatic carbocycles. The standard InChI is InChI=1S/C23H31N5O/c1-16-14-26-23(27-21-7-5-20(6-8-21)25-11-12-29-2)28-22(16)18-3-4-19-15-24-10-9-17(19)13-18/h3-4,13-15,20-21,25H,5-12H2,1-2H3,(H,26,27,28). The molecule has 6 nitrogen and oxygen atoms in total. The van der Waals surface area contributed by atoms with E-state index in [0.29, 0.717) is 12.1 Å². The fraction of sp³-hybridized carbons (Fsp3) is 0.522. The van der Waals surface area contributed by atoms with Crippen molar-refractivity contribution in [1.29, 1.82) is 0 Å². The molecule has 0 saturated heterocycles. The van der Waals surface area contributed by atoms with Crippen molar-refractivity contribution in [3.8, 4) is 11.3 Å². The molecule has 0 radical (unpaired) electrons. The second kappa shape index (κ2) is 9.46. The van der Waals surface area contributed by atoms with Gasteiger partial charge in [0.25, 0.3) is 0 Å². The number of anilines is 1. The summed E-state index contributed by atoms with van der Waals surface area (Å²) in [6, 6.07) is 7.59. The lowest BCUT2D eigenvalue weighted by Crippen LogP contribution is -2.38. The summed E-state index contributed by atoms with van der Waals surface area (Å²) >= 11 is 0. The molecule has 6 heteroatoms. The molecule has 1 saturated carbocycles. The molecule has 2 aliphatic rings. The van der Waals surface area contributed by atoms with Crippen LogP contribution >= 0.6 is 0 Å². The first-order chi connectivity index (χ1) is 14.2. The fourth-order valence-corrected chi connectivity index (χ4v) is 4.24. The second-order valence-electron chi connectivity index (χ2n) is 8.06. The van der Waals surface area contributed by atoms with Crippen molar-refractivity contribution in [2.45, 2.75) is 51.1 Å². The Labute approximate surface area is 173 Å². The predicted octanol–water partition coefficient (Wildman–Crippen LogP) is 3.39. The third kappa shape index (κ3) is 5.00. The second-order valence-corrected chi connectivity index (χ2v) is 8.06. The first-order valence-electron chi connectivity index (χ1n) is 10.7. The maximum absolute atomic E-state index is 5.12. The third-order valence-electron chi connectivity index (χ3n) is 5.93. The lowest BCUT2D eigenvalue weighted by atomic mass is 9.91. The Morgan fingerprint density at radius 3 is 2.79 bits per heavy atom. The molecule has 0 atom stereocenters. The van der Waals surface area contributed by atoms with Crippen LogP contribution in [0.4, 0.5) is 5.95 Å². The smallest absolute Gasteiger partial charge is 0.223 e. The highest BCUT2D eigenvalue weighted by Gasteiger charge is 2.21. The van der Waals surface area contributed by atoms with Crippen molar-refractivity contribution in [3.05, 3.63) is 41.1 Å². The van der Waals surface area contributed by atoms with Crippen LogP contribution in [-0.2, 0) is 11.2 Å². The van der Waals surface area contributed by atoms with Gasteiger partial charge in [-0.05, 0) is 61.8 Å². The first kappa shape index (κ1) is 20.0. The number of aryl methyl sites for hydroxylation is 1. The van der Waals surface area contributed by atoms with Crippen LogP contribution in [0.1, 0.15) is 42.4 Å². The van der Waals surface area contributed by atoms with E-state index in [1.165, 1.54) is 24.0 Å². The number of nitrogens with one attached hydrogen (secondary N) is 2. The molecule has 1 aromatic heterocycles. The van der Waals surface area contributed by atoms with Crippen molar-refractivity contribution in [2.24, 2.45) is 4.99 Å². The lowest BCUT2D eigenvalue weighted by molar-refractivity contribution is 0.191. The van der Waals surface area contributed by atoms with Crippen LogP contribution in [-0.4, -0.2) is 55.1 Å². The molecule has 0 unspecified atom stereocenters. The molecule has 1 aliphatic heterocycles. The first-order valence-corrected chi connectivity index (χ1v) is 10.7. The maximum atomic E-state index is 5.12. The summed E-state index contributed by atoms with van der Waals surface area (Å²) in [6.07, 6.45) is 9.52. The molecule has 1 aliphatic carbocycles. The predicted molar refractivity (Wildman–Crippen MR) is 118 cm³/mol. The Bertz CT molecular complexity index is 858. The molecule has 0 bridgehead atoms. The molecule has 0 amide bonds. The van der Waals surface area contributed by atoms with Gasteiger partial charge in [0, 0.05) is 50.3 Å². The van der Waals surface area contributed by atoms with Crippen molar-refractivity contribution in [1.82, 2.24) is 15.3 Å². The van der Waals surface area contributed by atoms with Gasteiger partial charge in [-0.1, -0.05) is 12.1 Å². The number of rotatable bonds is 7. The molecule has 0 spiro atoms. The summed E-state index contributed by atoms with van der Waals surface area (Å²) in [5, 5.41) is 7.15. The monoisotopic (exact) mass is 393 g/mol. The van der Waals surface area contributed by atoms with Gasteiger partial charge >= 0.3 is 0 Å². The summed E-state index contributed by atoms with van der Waals surface area (Å²) < 4.78 is 5.12. The van der Waals surface area contributed by atoms with Crippen LogP contribution in [0.25, 0.3) is 11.3 Å². The SMILES string of the molecule is COCCNC1CCC(Nc2ncc(C)c(-c3ccc4c(c3)CCN=C4)n2)CC1. The summed E-state index contributed by atoms with van der Waals surface area (Å²) in [4.78, 5) is 13.8. The van der Waals surface area contributed by atoms with E-state index in [4.69, 9.17) is 9.72 Å². The number of methoxy groups -OCH3 is 1. The van der Waals surface area contributed by atoms with Gasteiger partial charge in [0.15, 0.2) is 0 Å². The highest BCUT2D eigenvalue weighted by molar-refractivity contribution is 5.84. The molecule has 4 rings (SSSR count). The number of hydrogen-bond donors (Lipinski definition) is 2. The molecular weight excluding hydrogens is 362 g/mol. The number of benzene rings is 1. The number of hydrogen-bond acceptors (Lipinski definition) is 6. The van der Waals surface area contributed by atoms with Gasteiger partial charge in [0.05, 0.1) is 12.3 Å². The van der Waals surface area contributed by atoms with Crippen LogP contribution in [0.15, 0.2) is 29.4 Å². The van der Waals surface area contributed by atoms with Crippen molar-refractivity contribution in [2.75, 3.05) is 32.1 Å². The van der Waals surface area contributed by atoms with Crippen molar-refractivity contribution >= 4 is 12.2 Å². The molecule has 2 N–H and O–H groups in total. The minimum atomic E-state index is 0.436. The molecule has 2 heterocycles. The minimum absolute atomic E-state index is 0.436. The van der Waals surface area contributed by atoms with E-state index in [9.17, 15) is 0 Å².